The number of rotatable bonds is 3. The van der Waals surface area contributed by atoms with Gasteiger partial charge < -0.3 is 10.0 Å². The number of aliphatic imine (C=N–C) groups is 1. The van der Waals surface area contributed by atoms with Crippen LogP contribution in [-0.2, 0) is 11.3 Å². The Morgan fingerprint density at radius 3 is 2.39 bits per heavy atom. The maximum atomic E-state index is 11.0. The molecule has 0 bridgehead atoms. The molecule has 0 aliphatic carbocycles. The highest BCUT2D eigenvalue weighted by Gasteiger charge is 2.20. The van der Waals surface area contributed by atoms with E-state index in [1.807, 2.05) is 0 Å². The van der Waals surface area contributed by atoms with E-state index in [4.69, 9.17) is 5.11 Å². The van der Waals surface area contributed by atoms with Gasteiger partial charge in [-0.1, -0.05) is 60.7 Å². The van der Waals surface area contributed by atoms with E-state index in [-0.39, 0.29) is 0 Å². The van der Waals surface area contributed by atoms with Gasteiger partial charge in [-0.15, -0.1) is 0 Å². The third-order valence-electron chi connectivity index (χ3n) is 5.58. The van der Waals surface area contributed by atoms with E-state index in [2.05, 4.69) is 76.6 Å². The fourth-order valence-electron chi connectivity index (χ4n) is 4.11. The first-order valence-corrected chi connectivity index (χ1v) is 9.52. The predicted octanol–water partition coefficient (Wildman–Crippen LogP) is 4.83. The average Bonchev–Trinajstić information content (AvgIpc) is 2.73. The molecule has 1 aliphatic heterocycles. The Morgan fingerprint density at radius 2 is 1.64 bits per heavy atom. The third kappa shape index (κ3) is 2.87. The summed E-state index contributed by atoms with van der Waals surface area (Å²) in [5.41, 5.74) is 1.20. The van der Waals surface area contributed by atoms with Crippen molar-refractivity contribution < 1.29 is 9.90 Å². The summed E-state index contributed by atoms with van der Waals surface area (Å²) in [6.45, 7) is 1.45. The third-order valence-corrected chi connectivity index (χ3v) is 5.58. The number of benzene rings is 4. The lowest BCUT2D eigenvalue weighted by atomic mass is 9.96. The summed E-state index contributed by atoms with van der Waals surface area (Å²) >= 11 is 0. The zero-order valence-electron chi connectivity index (χ0n) is 15.4. The van der Waals surface area contributed by atoms with Gasteiger partial charge in [0.1, 0.15) is 0 Å². The van der Waals surface area contributed by atoms with Crippen molar-refractivity contribution in [1.82, 2.24) is 4.90 Å². The van der Waals surface area contributed by atoms with E-state index >= 15 is 0 Å². The number of aliphatic carboxylic acids is 1. The quantitative estimate of drug-likeness (QED) is 0.527. The van der Waals surface area contributed by atoms with Gasteiger partial charge in [-0.25, -0.2) is 4.79 Å². The first kappa shape index (κ1) is 16.8. The van der Waals surface area contributed by atoms with E-state index < -0.39 is 12.0 Å². The lowest BCUT2D eigenvalue weighted by Crippen LogP contribution is -2.34. The molecule has 0 amide bonds. The number of carboxylic acids is 1. The molecule has 4 aromatic rings. The van der Waals surface area contributed by atoms with Crippen LogP contribution in [0.4, 0.5) is 0 Å². The zero-order valence-corrected chi connectivity index (χ0v) is 15.4. The second-order valence-corrected chi connectivity index (χ2v) is 7.38. The Bertz CT molecular complexity index is 1250. The minimum atomic E-state index is -0.846. The van der Waals surface area contributed by atoms with Crippen LogP contribution in [-0.4, -0.2) is 34.9 Å². The highest BCUT2D eigenvalue weighted by molar-refractivity contribution is 6.17. The van der Waals surface area contributed by atoms with Crippen LogP contribution in [0.1, 0.15) is 12.0 Å². The molecule has 0 aromatic heterocycles. The summed E-state index contributed by atoms with van der Waals surface area (Å²) in [6.07, 6.45) is 2.23. The van der Waals surface area contributed by atoms with Gasteiger partial charge >= 0.3 is 5.97 Å². The van der Waals surface area contributed by atoms with E-state index in [1.54, 1.807) is 6.34 Å². The molecule has 0 saturated carbocycles. The molecule has 0 radical (unpaired) electrons. The highest BCUT2D eigenvalue weighted by Crippen LogP contribution is 2.31. The molecule has 0 saturated heterocycles. The van der Waals surface area contributed by atoms with E-state index in [9.17, 15) is 4.79 Å². The lowest BCUT2D eigenvalue weighted by Gasteiger charge is -2.25. The fourth-order valence-corrected chi connectivity index (χ4v) is 4.11. The molecule has 1 aliphatic rings. The lowest BCUT2D eigenvalue weighted by molar-refractivity contribution is -0.138. The van der Waals surface area contributed by atoms with Crippen LogP contribution >= 0.6 is 0 Å². The van der Waals surface area contributed by atoms with Crippen molar-refractivity contribution in [1.29, 1.82) is 0 Å². The van der Waals surface area contributed by atoms with Crippen molar-refractivity contribution in [3.05, 3.63) is 72.3 Å². The Kier molecular flexibility index (Phi) is 3.97. The Morgan fingerprint density at radius 1 is 0.929 bits per heavy atom. The molecular weight excluding hydrogens is 348 g/mol. The van der Waals surface area contributed by atoms with Gasteiger partial charge in [-0.2, -0.15) is 0 Å². The summed E-state index contributed by atoms with van der Waals surface area (Å²) in [6, 6.07) is 23.3. The van der Waals surface area contributed by atoms with Crippen molar-refractivity contribution in [3.8, 4) is 0 Å². The number of hydrogen-bond acceptors (Lipinski definition) is 3. The molecular formula is C24H20N2O2. The average molecular weight is 368 g/mol. The maximum Gasteiger partial charge on any atom is 0.328 e. The molecule has 4 aromatic carbocycles. The molecule has 1 unspecified atom stereocenters. The van der Waals surface area contributed by atoms with Crippen LogP contribution in [0.15, 0.2) is 71.7 Å². The first-order chi connectivity index (χ1) is 13.7. The van der Waals surface area contributed by atoms with Gasteiger partial charge in [0, 0.05) is 13.1 Å². The summed E-state index contributed by atoms with van der Waals surface area (Å²) in [5, 5.41) is 16.6. The number of nitrogens with zero attached hydrogens (tertiary/aromatic N) is 2. The Labute approximate surface area is 162 Å². The highest BCUT2D eigenvalue weighted by atomic mass is 16.4. The topological polar surface area (TPSA) is 52.9 Å². The largest absolute Gasteiger partial charge is 0.480 e. The second kappa shape index (κ2) is 6.64. The fraction of sp³-hybridized carbons (Fsp3) is 0.167. The summed E-state index contributed by atoms with van der Waals surface area (Å²) < 4.78 is 0. The van der Waals surface area contributed by atoms with Crippen molar-refractivity contribution >= 4 is 44.6 Å². The number of carbonyl (C=O) groups is 1. The van der Waals surface area contributed by atoms with Crippen LogP contribution < -0.4 is 0 Å². The number of hydrogen-bond donors (Lipinski definition) is 1. The maximum absolute atomic E-state index is 11.0. The van der Waals surface area contributed by atoms with E-state index in [0.717, 1.165) is 6.54 Å². The van der Waals surface area contributed by atoms with Gasteiger partial charge in [0.15, 0.2) is 6.04 Å². The molecule has 1 heterocycles. The molecule has 4 nitrogen and oxygen atoms in total. The summed E-state index contributed by atoms with van der Waals surface area (Å²) in [4.78, 5) is 17.2. The van der Waals surface area contributed by atoms with Gasteiger partial charge in [0.2, 0.25) is 0 Å². The minimum Gasteiger partial charge on any atom is -0.480 e. The Hall–Kier alpha value is -3.40. The first-order valence-electron chi connectivity index (χ1n) is 9.52. The zero-order chi connectivity index (χ0) is 19.1. The van der Waals surface area contributed by atoms with Crippen LogP contribution in [0.2, 0.25) is 0 Å². The van der Waals surface area contributed by atoms with Crippen molar-refractivity contribution in [2.24, 2.45) is 4.99 Å². The van der Waals surface area contributed by atoms with Gasteiger partial charge in [-0.3, -0.25) is 4.99 Å². The SMILES string of the molecule is O=C(O)C1CCN(Cc2ccc3c(ccc4c5ccccc5ccc34)c2)C=N1. The van der Waals surface area contributed by atoms with Crippen molar-refractivity contribution in [3.63, 3.8) is 0 Å². The van der Waals surface area contributed by atoms with Crippen LogP contribution in [0.5, 0.6) is 0 Å². The van der Waals surface area contributed by atoms with Gasteiger partial charge in [0.05, 0.1) is 6.34 Å². The summed E-state index contributed by atoms with van der Waals surface area (Å²) in [5.74, 6) is -0.846. The monoisotopic (exact) mass is 368 g/mol. The van der Waals surface area contributed by atoms with Gasteiger partial charge in [0.25, 0.3) is 0 Å². The molecule has 138 valence electrons. The van der Waals surface area contributed by atoms with E-state index in [0.29, 0.717) is 13.0 Å². The minimum absolute atomic E-state index is 0.553. The molecule has 28 heavy (non-hydrogen) atoms. The van der Waals surface area contributed by atoms with Gasteiger partial charge in [-0.05, 0) is 50.4 Å². The summed E-state index contributed by atoms with van der Waals surface area (Å²) in [7, 11) is 0. The number of carboxylic acid groups (broad SMARTS) is 1. The predicted molar refractivity (Wildman–Crippen MR) is 114 cm³/mol. The Balaban J connectivity index is 1.50. The van der Waals surface area contributed by atoms with Crippen molar-refractivity contribution in [2.45, 2.75) is 19.0 Å². The molecule has 5 rings (SSSR count). The second-order valence-electron chi connectivity index (χ2n) is 7.38. The standard InChI is InChI=1S/C24H20N2O2/c27-24(28)23-11-12-26(15-25-23)14-16-5-8-20-18(13-16)7-10-21-19-4-2-1-3-17(19)6-9-22(20)21/h1-10,13,15,23H,11-12,14H2,(H,27,28). The van der Waals surface area contributed by atoms with Crippen LogP contribution in [0, 0.1) is 0 Å². The molecule has 4 heteroatoms. The molecule has 0 fully saturated rings. The smallest absolute Gasteiger partial charge is 0.328 e. The normalized spacial score (nSPS) is 16.9. The molecule has 0 spiro atoms. The van der Waals surface area contributed by atoms with Crippen LogP contribution in [0.3, 0.4) is 0 Å². The van der Waals surface area contributed by atoms with Crippen molar-refractivity contribution in [2.75, 3.05) is 6.54 Å². The van der Waals surface area contributed by atoms with Crippen LogP contribution in [0.25, 0.3) is 32.3 Å². The number of fused-ring (bicyclic) bond motifs is 5. The molecule has 1 N–H and O–H groups in total. The molecule has 1 atom stereocenters. The van der Waals surface area contributed by atoms with E-state index in [1.165, 1.54) is 37.9 Å².